The van der Waals surface area contributed by atoms with Gasteiger partial charge >= 0.3 is 0 Å². The first-order valence-electron chi connectivity index (χ1n) is 6.94. The number of thiocarbonyl (C=S) groups is 1. The van der Waals surface area contributed by atoms with Crippen LogP contribution in [-0.4, -0.2) is 29.6 Å². The summed E-state index contributed by atoms with van der Waals surface area (Å²) in [6, 6.07) is 5.74. The average molecular weight is 310 g/mol. The maximum atomic E-state index is 6.23. The highest BCUT2D eigenvalue weighted by molar-refractivity contribution is 7.80. The normalized spacial score (nSPS) is 16.0. The minimum absolute atomic E-state index is 0.452. The van der Waals surface area contributed by atoms with Crippen molar-refractivity contribution in [2.75, 3.05) is 19.7 Å². The van der Waals surface area contributed by atoms with Crippen molar-refractivity contribution < 1.29 is 4.74 Å². The Bertz CT molecular complexity index is 495. The quantitative estimate of drug-likeness (QED) is 0.607. The number of rotatable bonds is 4. The maximum absolute atomic E-state index is 6.23. The van der Waals surface area contributed by atoms with Gasteiger partial charge in [-0.25, -0.2) is 0 Å². The average Bonchev–Trinajstić information content (AvgIpc) is 2.46. The number of hydrogen-bond donors (Lipinski definition) is 0. The Morgan fingerprint density at radius 1 is 1.50 bits per heavy atom. The number of piperidine rings is 1. The lowest BCUT2D eigenvalue weighted by molar-refractivity contribution is 0.284. The van der Waals surface area contributed by atoms with Crippen molar-refractivity contribution in [3.8, 4) is 5.75 Å². The van der Waals surface area contributed by atoms with Crippen molar-refractivity contribution in [3.05, 3.63) is 41.4 Å². The topological polar surface area (TPSA) is 12.5 Å². The van der Waals surface area contributed by atoms with Gasteiger partial charge in [0.25, 0.3) is 0 Å². The molecule has 0 radical (unpaired) electrons. The number of ether oxygens (including phenoxy) is 1. The number of benzene rings is 1. The minimum atomic E-state index is 0.452. The van der Waals surface area contributed by atoms with Crippen molar-refractivity contribution in [1.82, 2.24) is 4.90 Å². The third kappa shape index (κ3) is 3.74. The van der Waals surface area contributed by atoms with E-state index in [0.29, 0.717) is 17.4 Å². The van der Waals surface area contributed by atoms with Crippen LogP contribution < -0.4 is 4.74 Å². The zero-order valence-electron chi connectivity index (χ0n) is 11.8. The molecule has 0 aliphatic carbocycles. The van der Waals surface area contributed by atoms with Gasteiger partial charge in [0.05, 0.1) is 5.02 Å². The van der Waals surface area contributed by atoms with Gasteiger partial charge in [-0.15, -0.1) is 0 Å². The summed E-state index contributed by atoms with van der Waals surface area (Å²) in [4.78, 5) is 3.15. The molecule has 1 heterocycles. The summed E-state index contributed by atoms with van der Waals surface area (Å²) in [5.41, 5.74) is 0.991. The smallest absolute Gasteiger partial charge is 0.138 e. The van der Waals surface area contributed by atoms with Crippen molar-refractivity contribution in [3.63, 3.8) is 0 Å². The molecule has 1 aliphatic heterocycles. The molecule has 0 atom stereocenters. The molecule has 1 aromatic rings. The van der Waals surface area contributed by atoms with Gasteiger partial charge < -0.3 is 9.64 Å². The number of nitrogens with zero attached hydrogens (tertiary/aromatic N) is 1. The van der Waals surface area contributed by atoms with Crippen LogP contribution in [0.25, 0.3) is 0 Å². The van der Waals surface area contributed by atoms with E-state index in [0.717, 1.165) is 29.6 Å². The van der Waals surface area contributed by atoms with E-state index in [2.05, 4.69) is 18.4 Å². The van der Waals surface area contributed by atoms with E-state index in [4.69, 9.17) is 28.6 Å². The molecule has 0 spiro atoms. The van der Waals surface area contributed by atoms with E-state index < -0.39 is 0 Å². The Balaban J connectivity index is 2.06. The predicted molar refractivity (Wildman–Crippen MR) is 88.8 cm³/mol. The van der Waals surface area contributed by atoms with Gasteiger partial charge in [-0.2, -0.15) is 0 Å². The molecule has 2 nitrogen and oxygen atoms in total. The molecule has 20 heavy (non-hydrogen) atoms. The minimum Gasteiger partial charge on any atom is -0.488 e. The van der Waals surface area contributed by atoms with Gasteiger partial charge in [0.2, 0.25) is 0 Å². The second-order valence-electron chi connectivity index (χ2n) is 5.22. The Kier molecular flexibility index (Phi) is 5.44. The molecule has 1 fully saturated rings. The van der Waals surface area contributed by atoms with E-state index in [1.807, 2.05) is 18.2 Å². The Hall–Kier alpha value is -1.06. The lowest BCUT2D eigenvalue weighted by Crippen LogP contribution is -2.37. The highest BCUT2D eigenvalue weighted by Gasteiger charge is 2.19. The van der Waals surface area contributed by atoms with Crippen LogP contribution in [-0.2, 0) is 0 Å². The van der Waals surface area contributed by atoms with E-state index in [-0.39, 0.29) is 0 Å². The van der Waals surface area contributed by atoms with Crippen molar-refractivity contribution in [1.29, 1.82) is 0 Å². The first kappa shape index (κ1) is 15.3. The Labute approximate surface area is 131 Å². The predicted octanol–water partition coefficient (Wildman–Crippen LogP) is 4.31. The molecule has 1 aliphatic rings. The summed E-state index contributed by atoms with van der Waals surface area (Å²) in [5, 5.41) is 0.595. The molecule has 0 unspecified atom stereocenters. The molecule has 0 aromatic heterocycles. The van der Waals surface area contributed by atoms with Crippen LogP contribution in [0, 0.1) is 5.92 Å². The zero-order chi connectivity index (χ0) is 14.5. The fourth-order valence-corrected chi connectivity index (χ4v) is 2.84. The Morgan fingerprint density at radius 2 is 2.20 bits per heavy atom. The monoisotopic (exact) mass is 309 g/mol. The first-order chi connectivity index (χ1) is 9.61. The zero-order valence-corrected chi connectivity index (χ0v) is 13.3. The molecule has 0 saturated carbocycles. The summed E-state index contributed by atoms with van der Waals surface area (Å²) in [7, 11) is 0. The van der Waals surface area contributed by atoms with Gasteiger partial charge in [-0.1, -0.05) is 43.4 Å². The summed E-state index contributed by atoms with van der Waals surface area (Å²) in [6.45, 7) is 8.44. The molecule has 0 N–H and O–H groups in total. The van der Waals surface area contributed by atoms with E-state index in [9.17, 15) is 0 Å². The Morgan fingerprint density at radius 3 is 2.80 bits per heavy atom. The lowest BCUT2D eigenvalue weighted by atomic mass is 9.99. The van der Waals surface area contributed by atoms with Crippen molar-refractivity contribution >= 4 is 28.8 Å². The molecule has 0 amide bonds. The lowest BCUT2D eigenvalue weighted by Gasteiger charge is -2.32. The molecule has 4 heteroatoms. The van der Waals surface area contributed by atoms with E-state index >= 15 is 0 Å². The van der Waals surface area contributed by atoms with Gasteiger partial charge in [0, 0.05) is 18.7 Å². The molecular weight excluding hydrogens is 290 g/mol. The van der Waals surface area contributed by atoms with Crippen molar-refractivity contribution in [2.24, 2.45) is 5.92 Å². The number of halogens is 1. The molecule has 1 aromatic carbocycles. The summed E-state index contributed by atoms with van der Waals surface area (Å²) >= 11 is 11.8. The van der Waals surface area contributed by atoms with E-state index in [1.54, 1.807) is 6.08 Å². The summed E-state index contributed by atoms with van der Waals surface area (Å²) < 4.78 is 5.47. The largest absolute Gasteiger partial charge is 0.488 e. The van der Waals surface area contributed by atoms with Crippen LogP contribution in [0.5, 0.6) is 5.75 Å². The van der Waals surface area contributed by atoms with Crippen LogP contribution in [0.3, 0.4) is 0 Å². The van der Waals surface area contributed by atoms with Gasteiger partial charge in [0.1, 0.15) is 17.3 Å². The second kappa shape index (κ2) is 7.09. The fraction of sp³-hybridized carbons (Fsp3) is 0.438. The summed E-state index contributed by atoms with van der Waals surface area (Å²) in [5.74, 6) is 1.47. The van der Waals surface area contributed by atoms with Gasteiger partial charge in [0.15, 0.2) is 0 Å². The second-order valence-corrected chi connectivity index (χ2v) is 6.01. The summed E-state index contributed by atoms with van der Waals surface area (Å²) in [6.07, 6.45) is 4.10. The third-order valence-electron chi connectivity index (χ3n) is 3.61. The molecular formula is C16H20ClNOS. The maximum Gasteiger partial charge on any atom is 0.138 e. The SMILES string of the molecule is C=CCOc1ccc(C(=S)N2CCC(C)CC2)cc1Cl. The molecule has 1 saturated heterocycles. The van der Waals surface area contributed by atoms with E-state index in [1.165, 1.54) is 12.8 Å². The van der Waals surface area contributed by atoms with Crippen molar-refractivity contribution in [2.45, 2.75) is 19.8 Å². The third-order valence-corrected chi connectivity index (χ3v) is 4.40. The fourth-order valence-electron chi connectivity index (χ4n) is 2.29. The molecule has 2 rings (SSSR count). The highest BCUT2D eigenvalue weighted by Crippen LogP contribution is 2.27. The van der Waals surface area contributed by atoms with Crippen LogP contribution in [0.2, 0.25) is 5.02 Å². The first-order valence-corrected chi connectivity index (χ1v) is 7.73. The number of hydrogen-bond acceptors (Lipinski definition) is 2. The molecule has 108 valence electrons. The highest BCUT2D eigenvalue weighted by atomic mass is 35.5. The van der Waals surface area contributed by atoms with Gasteiger partial charge in [-0.05, 0) is 37.0 Å². The number of likely N-dealkylation sites (tertiary alicyclic amines) is 1. The van der Waals surface area contributed by atoms with Crippen LogP contribution in [0.4, 0.5) is 0 Å². The standard InChI is InChI=1S/C16H20ClNOS/c1-3-10-19-15-5-4-13(11-14(15)17)16(20)18-8-6-12(2)7-9-18/h3-5,11-12H,1,6-10H2,2H3. The molecule has 0 bridgehead atoms. The van der Waals surface area contributed by atoms with Crippen LogP contribution in [0.15, 0.2) is 30.9 Å². The van der Waals surface area contributed by atoms with Crippen LogP contribution in [0.1, 0.15) is 25.3 Å². The van der Waals surface area contributed by atoms with Crippen LogP contribution >= 0.6 is 23.8 Å². The van der Waals surface area contributed by atoms with Gasteiger partial charge in [-0.3, -0.25) is 0 Å².